The van der Waals surface area contributed by atoms with Crippen molar-refractivity contribution in [3.63, 3.8) is 0 Å². The van der Waals surface area contributed by atoms with Gasteiger partial charge in [-0.15, -0.1) is 0 Å². The monoisotopic (exact) mass is 459 g/mol. The minimum atomic E-state index is -3.28. The van der Waals surface area contributed by atoms with E-state index in [0.717, 1.165) is 41.3 Å². The van der Waals surface area contributed by atoms with Crippen LogP contribution in [0.1, 0.15) is 11.1 Å². The third-order valence-electron chi connectivity index (χ3n) is 5.06. The van der Waals surface area contributed by atoms with Gasteiger partial charge < -0.3 is 19.7 Å². The minimum absolute atomic E-state index is 0.132. The van der Waals surface area contributed by atoms with E-state index in [1.54, 1.807) is 18.2 Å². The van der Waals surface area contributed by atoms with Crippen LogP contribution in [0.25, 0.3) is 10.9 Å². The highest BCUT2D eigenvalue weighted by Crippen LogP contribution is 2.26. The molecule has 0 radical (unpaired) electrons. The third kappa shape index (κ3) is 6.81. The molecule has 0 bridgehead atoms. The van der Waals surface area contributed by atoms with Crippen LogP contribution in [0.2, 0.25) is 0 Å². The smallest absolute Gasteiger partial charge is 0.248 e. The van der Waals surface area contributed by atoms with Crippen LogP contribution in [-0.4, -0.2) is 62.5 Å². The predicted molar refractivity (Wildman–Crippen MR) is 127 cm³/mol. The van der Waals surface area contributed by atoms with E-state index in [4.69, 9.17) is 4.74 Å². The number of aliphatic hydroxyl groups excluding tert-OH is 1. The summed E-state index contributed by atoms with van der Waals surface area (Å²) in [5.41, 5.74) is 3.12. The van der Waals surface area contributed by atoms with Crippen molar-refractivity contribution in [3.8, 4) is 5.75 Å². The summed E-state index contributed by atoms with van der Waals surface area (Å²) in [4.78, 5) is 16.4. The lowest BCUT2D eigenvalue weighted by Gasteiger charge is -2.21. The Morgan fingerprint density at radius 2 is 1.84 bits per heavy atom. The second-order valence-electron chi connectivity index (χ2n) is 8.04. The molecule has 3 aromatic rings. The number of pyridine rings is 1. The number of ether oxygens (including phenoxy) is 1. The van der Waals surface area contributed by atoms with Gasteiger partial charge in [0.15, 0.2) is 0 Å². The van der Waals surface area contributed by atoms with Crippen LogP contribution < -0.4 is 15.0 Å². The number of aliphatic hydroxyl groups is 1. The quantitative estimate of drug-likeness (QED) is 0.428. The maximum atomic E-state index is 11.6. The van der Waals surface area contributed by atoms with Crippen molar-refractivity contribution in [3.05, 3.63) is 70.0 Å². The highest BCUT2D eigenvalue weighted by atomic mass is 32.2. The lowest BCUT2D eigenvalue weighted by molar-refractivity contribution is 0.0773. The van der Waals surface area contributed by atoms with Gasteiger partial charge in [-0.3, -0.25) is 9.52 Å². The van der Waals surface area contributed by atoms with Gasteiger partial charge in [0, 0.05) is 30.2 Å². The maximum Gasteiger partial charge on any atom is 0.248 e. The van der Waals surface area contributed by atoms with Gasteiger partial charge in [0.1, 0.15) is 18.5 Å². The molecule has 1 aromatic heterocycles. The first-order valence-electron chi connectivity index (χ1n) is 10.3. The molecule has 0 aliphatic rings. The molecule has 8 nitrogen and oxygen atoms in total. The normalized spacial score (nSPS) is 12.8. The van der Waals surface area contributed by atoms with Crippen LogP contribution in [0.4, 0.5) is 5.69 Å². The summed E-state index contributed by atoms with van der Waals surface area (Å²) < 4.78 is 30.8. The fourth-order valence-electron chi connectivity index (χ4n) is 3.45. The number of H-pyrrole nitrogens is 1. The number of anilines is 1. The number of aryl methyl sites for hydroxylation is 1. The van der Waals surface area contributed by atoms with E-state index in [9.17, 15) is 18.3 Å². The van der Waals surface area contributed by atoms with Crippen LogP contribution in [0.15, 0.2) is 53.3 Å². The largest absolute Gasteiger partial charge is 0.490 e. The first-order chi connectivity index (χ1) is 15.1. The number of nitrogens with zero attached hydrogens (tertiary/aromatic N) is 1. The molecule has 9 heteroatoms. The van der Waals surface area contributed by atoms with Gasteiger partial charge in [-0.25, -0.2) is 8.42 Å². The first-order valence-corrected chi connectivity index (χ1v) is 12.2. The summed E-state index contributed by atoms with van der Waals surface area (Å²) >= 11 is 0. The van der Waals surface area contributed by atoms with Gasteiger partial charge in [-0.1, -0.05) is 18.2 Å². The molecule has 0 saturated heterocycles. The summed E-state index contributed by atoms with van der Waals surface area (Å²) in [6.07, 6.45) is 1.20. The number of sulfonamides is 1. The van der Waals surface area contributed by atoms with Gasteiger partial charge in [-0.2, -0.15) is 0 Å². The van der Waals surface area contributed by atoms with Crippen molar-refractivity contribution in [2.45, 2.75) is 19.4 Å². The first kappa shape index (κ1) is 23.8. The standard InChI is InChI=1S/C23H29N3O5S/c1-16-4-10-21(20-9-11-22(28)24-23(16)20)31-15-19(27)14-26(2)13-12-17-5-7-18(8-6-17)25-32(3,29)30/h4-11,19,25,27H,12-15H2,1-3H3,(H,24,28). The lowest BCUT2D eigenvalue weighted by Crippen LogP contribution is -2.34. The lowest BCUT2D eigenvalue weighted by atomic mass is 10.1. The van der Waals surface area contributed by atoms with Crippen LogP contribution in [0.5, 0.6) is 5.75 Å². The van der Waals surface area contributed by atoms with Gasteiger partial charge >= 0.3 is 0 Å². The van der Waals surface area contributed by atoms with Crippen LogP contribution in [-0.2, 0) is 16.4 Å². The Kier molecular flexibility index (Phi) is 7.55. The van der Waals surface area contributed by atoms with E-state index in [1.165, 1.54) is 6.07 Å². The highest BCUT2D eigenvalue weighted by Gasteiger charge is 2.12. The SMILES string of the molecule is Cc1ccc(OCC(O)CN(C)CCc2ccc(NS(C)(=O)=O)cc2)c2ccc(=O)[nH]c12. The zero-order valence-corrected chi connectivity index (χ0v) is 19.3. The molecule has 0 saturated carbocycles. The summed E-state index contributed by atoms with van der Waals surface area (Å²) in [5, 5.41) is 11.2. The number of hydrogen-bond donors (Lipinski definition) is 3. The van der Waals surface area contributed by atoms with Gasteiger partial charge in [0.2, 0.25) is 15.6 Å². The van der Waals surface area contributed by atoms with E-state index >= 15 is 0 Å². The van der Waals surface area contributed by atoms with Crippen molar-refractivity contribution in [1.29, 1.82) is 0 Å². The molecule has 0 amide bonds. The Hall–Kier alpha value is -2.88. The van der Waals surface area contributed by atoms with Crippen LogP contribution in [0, 0.1) is 6.92 Å². The molecule has 1 atom stereocenters. The summed E-state index contributed by atoms with van der Waals surface area (Å²) in [5.74, 6) is 0.617. The van der Waals surface area contributed by atoms with Crippen molar-refractivity contribution in [2.75, 3.05) is 37.7 Å². The molecule has 172 valence electrons. The molecular weight excluding hydrogens is 430 g/mol. The van der Waals surface area contributed by atoms with E-state index in [2.05, 4.69) is 9.71 Å². The molecule has 0 aliphatic carbocycles. The molecule has 3 N–H and O–H groups in total. The van der Waals surface area contributed by atoms with Crippen molar-refractivity contribution < 1.29 is 18.3 Å². The zero-order chi connectivity index (χ0) is 23.3. The van der Waals surface area contributed by atoms with Crippen molar-refractivity contribution in [2.24, 2.45) is 0 Å². The third-order valence-corrected chi connectivity index (χ3v) is 5.66. The van der Waals surface area contributed by atoms with E-state index in [1.807, 2.05) is 43.1 Å². The molecule has 0 aliphatic heterocycles. The van der Waals surface area contributed by atoms with E-state index < -0.39 is 16.1 Å². The predicted octanol–water partition coefficient (Wildman–Crippen LogP) is 2.12. The average molecular weight is 460 g/mol. The number of likely N-dealkylation sites (N-methyl/N-ethyl adjacent to an activating group) is 1. The Bertz CT molecular complexity index is 1220. The number of aromatic nitrogens is 1. The molecule has 32 heavy (non-hydrogen) atoms. The molecular formula is C23H29N3O5S. The maximum absolute atomic E-state index is 11.6. The minimum Gasteiger partial charge on any atom is -0.490 e. The Labute approximate surface area is 187 Å². The highest BCUT2D eigenvalue weighted by molar-refractivity contribution is 7.92. The number of rotatable bonds is 10. The fourth-order valence-corrected chi connectivity index (χ4v) is 4.02. The molecule has 1 heterocycles. The molecule has 0 fully saturated rings. The Balaban J connectivity index is 1.49. The van der Waals surface area contributed by atoms with Crippen molar-refractivity contribution >= 4 is 26.6 Å². The summed E-state index contributed by atoms with van der Waals surface area (Å²) in [7, 11) is -1.36. The Morgan fingerprint density at radius 3 is 2.53 bits per heavy atom. The Morgan fingerprint density at radius 1 is 1.12 bits per heavy atom. The van der Waals surface area contributed by atoms with E-state index in [0.29, 0.717) is 18.0 Å². The van der Waals surface area contributed by atoms with Gasteiger partial charge in [-0.05, 0) is 55.8 Å². The number of fused-ring (bicyclic) bond motifs is 1. The van der Waals surface area contributed by atoms with Gasteiger partial charge in [0.25, 0.3) is 0 Å². The second-order valence-corrected chi connectivity index (χ2v) is 9.79. The summed E-state index contributed by atoms with van der Waals surface area (Å²) in [6, 6.07) is 14.1. The zero-order valence-electron chi connectivity index (χ0n) is 18.5. The van der Waals surface area contributed by atoms with E-state index in [-0.39, 0.29) is 12.2 Å². The van der Waals surface area contributed by atoms with Crippen LogP contribution in [0.3, 0.4) is 0 Å². The fraction of sp³-hybridized carbons (Fsp3) is 0.348. The molecule has 3 rings (SSSR count). The van der Waals surface area contributed by atoms with Crippen molar-refractivity contribution in [1.82, 2.24) is 9.88 Å². The van der Waals surface area contributed by atoms with Crippen LogP contribution >= 0.6 is 0 Å². The number of nitrogens with one attached hydrogen (secondary N) is 2. The average Bonchev–Trinajstić information content (AvgIpc) is 2.72. The second kappa shape index (κ2) is 10.2. The molecule has 2 aromatic carbocycles. The summed E-state index contributed by atoms with van der Waals surface area (Å²) in [6.45, 7) is 3.22. The molecule has 0 spiro atoms. The molecule has 1 unspecified atom stereocenters. The number of hydrogen-bond acceptors (Lipinski definition) is 6. The number of benzene rings is 2. The number of aromatic amines is 1. The topological polar surface area (TPSA) is 112 Å². The van der Waals surface area contributed by atoms with Gasteiger partial charge in [0.05, 0.1) is 11.8 Å².